The summed E-state index contributed by atoms with van der Waals surface area (Å²) in [5.41, 5.74) is 1.01. The molecule has 0 aliphatic heterocycles. The summed E-state index contributed by atoms with van der Waals surface area (Å²) in [5, 5.41) is 20.4. The van der Waals surface area contributed by atoms with Crippen LogP contribution in [0.25, 0.3) is 0 Å². The van der Waals surface area contributed by atoms with Gasteiger partial charge < -0.3 is 15.5 Å². The van der Waals surface area contributed by atoms with Crippen molar-refractivity contribution in [1.29, 1.82) is 0 Å². The predicted octanol–water partition coefficient (Wildman–Crippen LogP) is 2.33. The zero-order valence-electron chi connectivity index (χ0n) is 14.1. The second-order valence-electron chi connectivity index (χ2n) is 6.35. The quantitative estimate of drug-likeness (QED) is 0.609. The van der Waals surface area contributed by atoms with E-state index in [1.807, 2.05) is 44.2 Å². The van der Waals surface area contributed by atoms with Gasteiger partial charge >= 0.3 is 11.9 Å². The van der Waals surface area contributed by atoms with E-state index in [1.165, 1.54) is 0 Å². The average molecular weight is 335 g/mol. The topological polar surface area (TPSA) is 104 Å². The second kappa shape index (κ2) is 9.70. The molecule has 0 bridgehead atoms. The summed E-state index contributed by atoms with van der Waals surface area (Å²) in [6.07, 6.45) is 0.725. The number of nitrogens with one attached hydrogen (secondary N) is 1. The maximum Gasteiger partial charge on any atom is 0.326 e. The molecule has 1 amide bonds. The van der Waals surface area contributed by atoms with Crippen LogP contribution in [0.5, 0.6) is 0 Å². The van der Waals surface area contributed by atoms with Crippen molar-refractivity contribution in [3.63, 3.8) is 0 Å². The molecule has 0 saturated carbocycles. The van der Waals surface area contributed by atoms with E-state index in [2.05, 4.69) is 5.32 Å². The fourth-order valence-electron chi connectivity index (χ4n) is 2.57. The van der Waals surface area contributed by atoms with E-state index in [4.69, 9.17) is 5.11 Å². The first-order valence-corrected chi connectivity index (χ1v) is 8.08. The van der Waals surface area contributed by atoms with Crippen LogP contribution < -0.4 is 5.32 Å². The van der Waals surface area contributed by atoms with Crippen molar-refractivity contribution in [3.05, 3.63) is 35.9 Å². The summed E-state index contributed by atoms with van der Waals surface area (Å²) in [4.78, 5) is 34.4. The Morgan fingerprint density at radius 1 is 1.08 bits per heavy atom. The van der Waals surface area contributed by atoms with Crippen LogP contribution in [0.15, 0.2) is 30.3 Å². The Labute approximate surface area is 141 Å². The van der Waals surface area contributed by atoms with Crippen molar-refractivity contribution in [2.24, 2.45) is 11.8 Å². The molecule has 2 atom stereocenters. The SMILES string of the molecule is CC(C)CC(Cc1ccccc1)C(=O)N[C@H](CCC(=O)O)C(=O)O. The first-order chi connectivity index (χ1) is 11.3. The van der Waals surface area contributed by atoms with E-state index in [9.17, 15) is 19.5 Å². The Bertz CT molecular complexity index is 556. The summed E-state index contributed by atoms with van der Waals surface area (Å²) < 4.78 is 0. The van der Waals surface area contributed by atoms with Crippen molar-refractivity contribution in [1.82, 2.24) is 5.32 Å². The van der Waals surface area contributed by atoms with Crippen LogP contribution in [-0.2, 0) is 20.8 Å². The van der Waals surface area contributed by atoms with E-state index >= 15 is 0 Å². The van der Waals surface area contributed by atoms with Gasteiger partial charge in [0.2, 0.25) is 5.91 Å². The van der Waals surface area contributed by atoms with Crippen molar-refractivity contribution in [2.75, 3.05) is 0 Å². The standard InChI is InChI=1S/C18H25NO5/c1-12(2)10-14(11-13-6-4-3-5-7-13)17(22)19-15(18(23)24)8-9-16(20)21/h3-7,12,14-15H,8-11H2,1-2H3,(H,19,22)(H,20,21)(H,23,24)/t14?,15-/m1/s1. The molecule has 1 unspecified atom stereocenters. The molecule has 1 aromatic rings. The normalized spacial score (nSPS) is 13.3. The van der Waals surface area contributed by atoms with E-state index in [0.717, 1.165) is 5.56 Å². The molecule has 24 heavy (non-hydrogen) atoms. The monoisotopic (exact) mass is 335 g/mol. The fourth-order valence-corrected chi connectivity index (χ4v) is 2.57. The first kappa shape index (κ1) is 19.7. The molecule has 6 heteroatoms. The molecule has 1 rings (SSSR count). The highest BCUT2D eigenvalue weighted by molar-refractivity contribution is 5.85. The predicted molar refractivity (Wildman–Crippen MR) is 89.5 cm³/mol. The number of carboxylic acids is 2. The van der Waals surface area contributed by atoms with Crippen molar-refractivity contribution in [2.45, 2.75) is 45.6 Å². The van der Waals surface area contributed by atoms with Crippen LogP contribution in [0.2, 0.25) is 0 Å². The molecule has 1 aromatic carbocycles. The minimum atomic E-state index is -1.22. The molecule has 0 spiro atoms. The molecule has 0 aliphatic rings. The summed E-state index contributed by atoms with van der Waals surface area (Å²) in [5.74, 6) is -2.71. The van der Waals surface area contributed by atoms with Gasteiger partial charge in [0.05, 0.1) is 0 Å². The van der Waals surface area contributed by atoms with Crippen LogP contribution >= 0.6 is 0 Å². The summed E-state index contributed by atoms with van der Waals surface area (Å²) in [6, 6.07) is 8.37. The summed E-state index contributed by atoms with van der Waals surface area (Å²) in [7, 11) is 0. The average Bonchev–Trinajstić information content (AvgIpc) is 2.50. The van der Waals surface area contributed by atoms with Gasteiger partial charge in [0.25, 0.3) is 0 Å². The highest BCUT2D eigenvalue weighted by Gasteiger charge is 2.26. The third kappa shape index (κ3) is 7.26. The number of carbonyl (C=O) groups is 3. The van der Waals surface area contributed by atoms with Gasteiger partial charge in [-0.2, -0.15) is 0 Å². The van der Waals surface area contributed by atoms with Gasteiger partial charge in [-0.25, -0.2) is 4.79 Å². The lowest BCUT2D eigenvalue weighted by Gasteiger charge is -2.21. The molecular formula is C18H25NO5. The molecule has 3 N–H and O–H groups in total. The van der Waals surface area contributed by atoms with Crippen molar-refractivity contribution in [3.8, 4) is 0 Å². The highest BCUT2D eigenvalue weighted by Crippen LogP contribution is 2.18. The van der Waals surface area contributed by atoms with Gasteiger partial charge in [0.15, 0.2) is 0 Å². The van der Waals surface area contributed by atoms with E-state index < -0.39 is 18.0 Å². The molecule has 6 nitrogen and oxygen atoms in total. The van der Waals surface area contributed by atoms with Gasteiger partial charge in [0, 0.05) is 12.3 Å². The molecule has 0 aliphatic carbocycles. The Kier molecular flexibility index (Phi) is 7.95. The Morgan fingerprint density at radius 3 is 2.21 bits per heavy atom. The van der Waals surface area contributed by atoms with Gasteiger partial charge in [-0.05, 0) is 30.7 Å². The second-order valence-corrected chi connectivity index (χ2v) is 6.35. The number of benzene rings is 1. The number of amides is 1. The lowest BCUT2D eigenvalue weighted by Crippen LogP contribution is -2.44. The van der Waals surface area contributed by atoms with E-state index in [0.29, 0.717) is 12.8 Å². The molecule has 0 heterocycles. The zero-order valence-corrected chi connectivity index (χ0v) is 14.1. The van der Waals surface area contributed by atoms with Gasteiger partial charge in [-0.3, -0.25) is 9.59 Å². The molecule has 0 radical (unpaired) electrons. The van der Waals surface area contributed by atoms with Crippen LogP contribution in [0.3, 0.4) is 0 Å². The minimum Gasteiger partial charge on any atom is -0.481 e. The number of carboxylic acid groups (broad SMARTS) is 2. The highest BCUT2D eigenvalue weighted by atomic mass is 16.4. The van der Waals surface area contributed by atoms with Crippen molar-refractivity contribution >= 4 is 17.8 Å². The molecule has 0 saturated heterocycles. The van der Waals surface area contributed by atoms with Crippen LogP contribution in [0, 0.1) is 11.8 Å². The number of aliphatic carboxylic acids is 2. The summed E-state index contributed by atoms with van der Waals surface area (Å²) >= 11 is 0. The van der Waals surface area contributed by atoms with Crippen LogP contribution in [0.4, 0.5) is 0 Å². The van der Waals surface area contributed by atoms with Gasteiger partial charge in [-0.15, -0.1) is 0 Å². The Balaban J connectivity index is 2.78. The van der Waals surface area contributed by atoms with Crippen molar-refractivity contribution < 1.29 is 24.6 Å². The van der Waals surface area contributed by atoms with Gasteiger partial charge in [-0.1, -0.05) is 44.2 Å². The smallest absolute Gasteiger partial charge is 0.326 e. The molecule has 132 valence electrons. The molecule has 0 aromatic heterocycles. The zero-order chi connectivity index (χ0) is 18.1. The first-order valence-electron chi connectivity index (χ1n) is 8.08. The molecule has 0 fully saturated rings. The largest absolute Gasteiger partial charge is 0.481 e. The number of hydrogen-bond donors (Lipinski definition) is 3. The molecular weight excluding hydrogens is 310 g/mol. The number of rotatable bonds is 10. The van der Waals surface area contributed by atoms with Crippen LogP contribution in [0.1, 0.15) is 38.7 Å². The Morgan fingerprint density at radius 2 is 1.71 bits per heavy atom. The third-order valence-electron chi connectivity index (χ3n) is 3.71. The summed E-state index contributed by atoms with van der Waals surface area (Å²) in [6.45, 7) is 4.01. The van der Waals surface area contributed by atoms with Gasteiger partial charge in [0.1, 0.15) is 6.04 Å². The van der Waals surface area contributed by atoms with E-state index in [1.54, 1.807) is 0 Å². The third-order valence-corrected chi connectivity index (χ3v) is 3.71. The maximum atomic E-state index is 12.5. The number of hydrogen-bond acceptors (Lipinski definition) is 3. The van der Waals surface area contributed by atoms with Crippen LogP contribution in [-0.4, -0.2) is 34.1 Å². The lowest BCUT2D eigenvalue weighted by atomic mass is 9.90. The minimum absolute atomic E-state index is 0.129. The number of carbonyl (C=O) groups excluding carboxylic acids is 1. The lowest BCUT2D eigenvalue weighted by molar-refractivity contribution is -0.143. The van der Waals surface area contributed by atoms with E-state index in [-0.39, 0.29) is 30.6 Å². The Hall–Kier alpha value is -2.37. The maximum absolute atomic E-state index is 12.5. The fraction of sp³-hybridized carbons (Fsp3) is 0.500.